The van der Waals surface area contributed by atoms with E-state index in [2.05, 4.69) is 194 Å². The number of hydrogen-bond acceptors (Lipinski definition) is 2. The van der Waals surface area contributed by atoms with Crippen molar-refractivity contribution in [3.05, 3.63) is 205 Å². The van der Waals surface area contributed by atoms with E-state index >= 15 is 0 Å². The predicted octanol–water partition coefficient (Wildman–Crippen LogP) is 9.79. The highest BCUT2D eigenvalue weighted by Gasteiger charge is 2.29. The van der Waals surface area contributed by atoms with Crippen molar-refractivity contribution in [1.82, 2.24) is 0 Å². The molecule has 7 aromatic rings. The van der Waals surface area contributed by atoms with Crippen molar-refractivity contribution < 1.29 is 0 Å². The summed E-state index contributed by atoms with van der Waals surface area (Å²) >= 11 is 3.94. The van der Waals surface area contributed by atoms with Gasteiger partial charge in [-0.3, -0.25) is 0 Å². The second-order valence-corrected chi connectivity index (χ2v) is 17.8. The zero-order chi connectivity index (χ0) is 32.4. The van der Waals surface area contributed by atoms with Crippen molar-refractivity contribution in [2.24, 2.45) is 0 Å². The van der Waals surface area contributed by atoms with Crippen molar-refractivity contribution in [1.29, 1.82) is 0 Å². The second kappa shape index (κ2) is 16.5. The molecule has 0 atom stereocenters. The normalized spacial score (nSPS) is 11.2. The molecule has 0 amide bonds. The third-order valence-electron chi connectivity index (χ3n) is 8.04. The molecule has 0 aliphatic heterocycles. The van der Waals surface area contributed by atoms with Gasteiger partial charge in [-0.05, 0) is 65.6 Å². The largest absolute Gasteiger partial charge is 0.121 e. The van der Waals surface area contributed by atoms with Crippen molar-refractivity contribution >= 4 is 71.2 Å². The standard InChI is InChI=1S/C44H36P2S2/c1-7-19-35(20-8-1)33-47-41-31-42(45(37-23-11-3-12-24-37)38-25-13-4-14-26-38)44(43(32-41)48-34-36-21-9-2-10-22-36)46(39-27-15-5-16-28-39)40-29-17-6-18-30-40/h1-32H,33-34H2. The smallest absolute Gasteiger partial charge is 0.0232 e. The minimum atomic E-state index is -0.861. The molecule has 0 radical (unpaired) electrons. The molecule has 4 heteroatoms. The first-order valence-electron chi connectivity index (χ1n) is 16.2. The molecule has 48 heavy (non-hydrogen) atoms. The molecule has 234 valence electrons. The summed E-state index contributed by atoms with van der Waals surface area (Å²) in [6.07, 6.45) is 0. The van der Waals surface area contributed by atoms with E-state index in [0.717, 1.165) is 11.5 Å². The van der Waals surface area contributed by atoms with Gasteiger partial charge in [-0.1, -0.05) is 182 Å². The van der Waals surface area contributed by atoms with Crippen LogP contribution in [0.25, 0.3) is 0 Å². The lowest BCUT2D eigenvalue weighted by molar-refractivity contribution is 1.34. The van der Waals surface area contributed by atoms with E-state index in [-0.39, 0.29) is 0 Å². The SMILES string of the molecule is c1ccc(CSc2cc(SCc3ccccc3)c(P(c3ccccc3)c3ccccc3)c(P(c3ccccc3)c3ccccc3)c2)cc1. The van der Waals surface area contributed by atoms with E-state index in [4.69, 9.17) is 0 Å². The van der Waals surface area contributed by atoms with Gasteiger partial charge in [0.1, 0.15) is 0 Å². The monoisotopic (exact) mass is 690 g/mol. The van der Waals surface area contributed by atoms with Gasteiger partial charge in [0.2, 0.25) is 0 Å². The van der Waals surface area contributed by atoms with Crippen LogP contribution in [0.1, 0.15) is 11.1 Å². The van der Waals surface area contributed by atoms with Crippen LogP contribution in [0.15, 0.2) is 204 Å². The van der Waals surface area contributed by atoms with E-state index < -0.39 is 15.8 Å². The maximum absolute atomic E-state index is 2.54. The van der Waals surface area contributed by atoms with Crippen LogP contribution in [0.3, 0.4) is 0 Å². The first-order chi connectivity index (χ1) is 23.8. The maximum Gasteiger partial charge on any atom is 0.0232 e. The molecule has 0 nitrogen and oxygen atoms in total. The van der Waals surface area contributed by atoms with E-state index in [1.54, 1.807) is 0 Å². The summed E-state index contributed by atoms with van der Waals surface area (Å²) in [6.45, 7) is 0. The molecule has 0 N–H and O–H groups in total. The molecule has 0 fully saturated rings. The molecule has 0 heterocycles. The summed E-state index contributed by atoms with van der Waals surface area (Å²) in [6, 6.07) is 71.6. The summed E-state index contributed by atoms with van der Waals surface area (Å²) in [7, 11) is -1.71. The molecule has 0 unspecified atom stereocenters. The molecular formula is C44H36P2S2. The number of thioether (sulfide) groups is 2. The molecule has 0 aromatic heterocycles. The summed E-state index contributed by atoms with van der Waals surface area (Å²) in [5.74, 6) is 1.85. The van der Waals surface area contributed by atoms with E-state index in [0.29, 0.717) is 0 Å². The van der Waals surface area contributed by atoms with Gasteiger partial charge in [-0.15, -0.1) is 23.5 Å². The Morgan fingerprint density at radius 1 is 0.354 bits per heavy atom. The summed E-state index contributed by atoms with van der Waals surface area (Å²) < 4.78 is 0. The Bertz CT molecular complexity index is 1930. The highest BCUT2D eigenvalue weighted by molar-refractivity contribution is 8.00. The predicted molar refractivity (Wildman–Crippen MR) is 216 cm³/mol. The third-order valence-corrected chi connectivity index (χ3v) is 15.5. The molecule has 0 aliphatic carbocycles. The Balaban J connectivity index is 1.49. The fourth-order valence-corrected chi connectivity index (χ4v) is 13.7. The zero-order valence-corrected chi connectivity index (χ0v) is 30.0. The Morgan fingerprint density at radius 2 is 0.708 bits per heavy atom. The average Bonchev–Trinajstić information content (AvgIpc) is 3.17. The highest BCUT2D eigenvalue weighted by Crippen LogP contribution is 2.44. The van der Waals surface area contributed by atoms with Crippen LogP contribution >= 0.6 is 39.4 Å². The van der Waals surface area contributed by atoms with Crippen LogP contribution in [-0.2, 0) is 11.5 Å². The minimum Gasteiger partial charge on any atom is -0.121 e. The fourth-order valence-electron chi connectivity index (χ4n) is 5.78. The van der Waals surface area contributed by atoms with Gasteiger partial charge in [-0.25, -0.2) is 0 Å². The average molecular weight is 691 g/mol. The van der Waals surface area contributed by atoms with E-state index in [9.17, 15) is 0 Å². The van der Waals surface area contributed by atoms with Crippen LogP contribution in [-0.4, -0.2) is 0 Å². The molecule has 0 aliphatic rings. The van der Waals surface area contributed by atoms with Crippen LogP contribution in [0, 0.1) is 0 Å². The Labute approximate surface area is 296 Å². The molecule has 7 rings (SSSR count). The van der Waals surface area contributed by atoms with Gasteiger partial charge >= 0.3 is 0 Å². The van der Waals surface area contributed by atoms with Gasteiger partial charge in [0.05, 0.1) is 0 Å². The second-order valence-electron chi connectivity index (χ2n) is 11.4. The summed E-state index contributed by atoms with van der Waals surface area (Å²) in [5.41, 5.74) is 2.69. The molecule has 7 aromatic carbocycles. The van der Waals surface area contributed by atoms with Gasteiger partial charge in [0, 0.05) is 26.6 Å². The highest BCUT2D eigenvalue weighted by atomic mass is 32.2. The van der Waals surface area contributed by atoms with E-state index in [1.807, 2.05) is 23.5 Å². The lowest BCUT2D eigenvalue weighted by atomic mass is 10.2. The zero-order valence-electron chi connectivity index (χ0n) is 26.6. The Kier molecular flexibility index (Phi) is 11.2. The van der Waals surface area contributed by atoms with Crippen LogP contribution in [0.5, 0.6) is 0 Å². The first-order valence-corrected chi connectivity index (χ1v) is 20.8. The summed E-state index contributed by atoms with van der Waals surface area (Å²) in [5, 5.41) is 8.44. The first kappa shape index (κ1) is 32.6. The van der Waals surface area contributed by atoms with Crippen molar-refractivity contribution in [3.8, 4) is 0 Å². The van der Waals surface area contributed by atoms with Crippen molar-refractivity contribution in [2.75, 3.05) is 0 Å². The molecule has 0 spiro atoms. The van der Waals surface area contributed by atoms with Crippen molar-refractivity contribution in [3.63, 3.8) is 0 Å². The Hall–Kier alpha value is -3.90. The fraction of sp³-hybridized carbons (Fsp3) is 0.0455. The van der Waals surface area contributed by atoms with Gasteiger partial charge in [-0.2, -0.15) is 0 Å². The quantitative estimate of drug-likeness (QED) is 0.0925. The van der Waals surface area contributed by atoms with Crippen molar-refractivity contribution in [2.45, 2.75) is 21.3 Å². The Morgan fingerprint density at radius 3 is 1.12 bits per heavy atom. The molecule has 0 saturated carbocycles. The van der Waals surface area contributed by atoms with Gasteiger partial charge < -0.3 is 0 Å². The molecular weight excluding hydrogens is 655 g/mol. The lowest BCUT2D eigenvalue weighted by Crippen LogP contribution is -2.36. The van der Waals surface area contributed by atoms with Crippen LogP contribution < -0.4 is 31.8 Å². The lowest BCUT2D eigenvalue weighted by Gasteiger charge is -2.30. The minimum absolute atomic E-state index is 0.853. The van der Waals surface area contributed by atoms with E-state index in [1.165, 1.54) is 52.7 Å². The summed E-state index contributed by atoms with van der Waals surface area (Å²) in [4.78, 5) is 2.70. The van der Waals surface area contributed by atoms with Crippen LogP contribution in [0.2, 0.25) is 0 Å². The number of benzene rings is 7. The third kappa shape index (κ3) is 8.03. The van der Waals surface area contributed by atoms with Gasteiger partial charge in [0.15, 0.2) is 0 Å². The topological polar surface area (TPSA) is 0 Å². The number of rotatable bonds is 12. The van der Waals surface area contributed by atoms with Gasteiger partial charge in [0.25, 0.3) is 0 Å². The number of hydrogen-bond donors (Lipinski definition) is 0. The van der Waals surface area contributed by atoms with Crippen LogP contribution in [0.4, 0.5) is 0 Å². The molecule has 0 saturated heterocycles. The molecule has 0 bridgehead atoms. The maximum atomic E-state index is 2.54.